The third-order valence-corrected chi connectivity index (χ3v) is 3.20. The van der Waals surface area contributed by atoms with Crippen LogP contribution in [0.4, 0.5) is 0 Å². The number of primary amides is 1. The molecule has 0 bridgehead atoms. The van der Waals surface area contributed by atoms with E-state index in [4.69, 9.17) is 10.5 Å². The molecule has 0 aromatic heterocycles. The zero-order valence-corrected chi connectivity index (χ0v) is 12.3. The van der Waals surface area contributed by atoms with E-state index in [1.165, 1.54) is 0 Å². The van der Waals surface area contributed by atoms with Gasteiger partial charge in [-0.25, -0.2) is 0 Å². The zero-order chi connectivity index (χ0) is 15.9. The highest BCUT2D eigenvalue weighted by Gasteiger charge is 2.12. The lowest BCUT2D eigenvalue weighted by Crippen LogP contribution is -2.25. The second-order valence-corrected chi connectivity index (χ2v) is 4.86. The second kappa shape index (κ2) is 7.26. The molecule has 0 atom stereocenters. The molecule has 0 aliphatic carbocycles. The SMILES string of the molecule is Cc1ccccc1CNC(=O)c1ccccc1OCC(N)=O. The molecule has 0 saturated carbocycles. The molecule has 0 aliphatic heterocycles. The maximum Gasteiger partial charge on any atom is 0.255 e. The van der Waals surface area contributed by atoms with Crippen molar-refractivity contribution >= 4 is 11.8 Å². The van der Waals surface area contributed by atoms with E-state index in [0.29, 0.717) is 17.9 Å². The number of benzene rings is 2. The summed E-state index contributed by atoms with van der Waals surface area (Å²) in [5.74, 6) is -0.512. The standard InChI is InChI=1S/C17H18N2O3/c1-12-6-2-3-7-13(12)10-19-17(21)14-8-4-5-9-15(14)22-11-16(18)20/h2-9H,10-11H2,1H3,(H2,18,20)(H,19,21). The summed E-state index contributed by atoms with van der Waals surface area (Å²) in [5.41, 5.74) is 7.59. The Morgan fingerprint density at radius 2 is 1.77 bits per heavy atom. The first-order valence-electron chi connectivity index (χ1n) is 6.91. The molecule has 0 heterocycles. The summed E-state index contributed by atoms with van der Waals surface area (Å²) < 4.78 is 5.26. The van der Waals surface area contributed by atoms with Crippen molar-refractivity contribution in [3.05, 3.63) is 65.2 Å². The Morgan fingerprint density at radius 3 is 2.50 bits per heavy atom. The Bertz CT molecular complexity index is 683. The van der Waals surface area contributed by atoms with Crippen LogP contribution in [-0.2, 0) is 11.3 Å². The van der Waals surface area contributed by atoms with Gasteiger partial charge in [0, 0.05) is 6.54 Å². The number of para-hydroxylation sites is 1. The fourth-order valence-electron chi connectivity index (χ4n) is 2.01. The Hall–Kier alpha value is -2.82. The van der Waals surface area contributed by atoms with E-state index in [9.17, 15) is 9.59 Å². The highest BCUT2D eigenvalue weighted by atomic mass is 16.5. The lowest BCUT2D eigenvalue weighted by Gasteiger charge is -2.11. The molecule has 114 valence electrons. The molecule has 0 fully saturated rings. The lowest BCUT2D eigenvalue weighted by atomic mass is 10.1. The summed E-state index contributed by atoms with van der Waals surface area (Å²) in [7, 11) is 0. The van der Waals surface area contributed by atoms with Gasteiger partial charge in [0.25, 0.3) is 11.8 Å². The molecule has 0 radical (unpaired) electrons. The molecule has 2 amide bonds. The van der Waals surface area contributed by atoms with Crippen LogP contribution in [0.2, 0.25) is 0 Å². The molecule has 0 spiro atoms. The van der Waals surface area contributed by atoms with E-state index in [1.54, 1.807) is 24.3 Å². The Balaban J connectivity index is 2.06. The molecule has 22 heavy (non-hydrogen) atoms. The number of hydrogen-bond donors (Lipinski definition) is 2. The van der Waals surface area contributed by atoms with Gasteiger partial charge >= 0.3 is 0 Å². The number of aryl methyl sites for hydroxylation is 1. The smallest absolute Gasteiger partial charge is 0.255 e. The van der Waals surface area contributed by atoms with Gasteiger partial charge in [-0.1, -0.05) is 36.4 Å². The van der Waals surface area contributed by atoms with E-state index in [-0.39, 0.29) is 12.5 Å². The van der Waals surface area contributed by atoms with Gasteiger partial charge in [0.1, 0.15) is 5.75 Å². The highest BCUT2D eigenvalue weighted by Crippen LogP contribution is 2.18. The van der Waals surface area contributed by atoms with Gasteiger partial charge in [0.15, 0.2) is 6.61 Å². The summed E-state index contributed by atoms with van der Waals surface area (Å²) in [6.07, 6.45) is 0. The minimum absolute atomic E-state index is 0.261. The number of carbonyl (C=O) groups excluding carboxylic acids is 2. The molecule has 3 N–H and O–H groups in total. The molecule has 0 saturated heterocycles. The summed E-state index contributed by atoms with van der Waals surface area (Å²) >= 11 is 0. The summed E-state index contributed by atoms with van der Waals surface area (Å²) in [6, 6.07) is 14.6. The minimum atomic E-state index is -0.588. The van der Waals surface area contributed by atoms with Crippen LogP contribution in [0.3, 0.4) is 0 Å². The number of amides is 2. The van der Waals surface area contributed by atoms with Crippen LogP contribution >= 0.6 is 0 Å². The van der Waals surface area contributed by atoms with Gasteiger partial charge < -0.3 is 15.8 Å². The van der Waals surface area contributed by atoms with Crippen molar-refractivity contribution in [2.75, 3.05) is 6.61 Å². The van der Waals surface area contributed by atoms with Crippen LogP contribution in [0.1, 0.15) is 21.5 Å². The first-order valence-corrected chi connectivity index (χ1v) is 6.91. The number of rotatable bonds is 6. The highest BCUT2D eigenvalue weighted by molar-refractivity contribution is 5.97. The molecule has 2 aromatic rings. The van der Waals surface area contributed by atoms with Gasteiger partial charge in [-0.05, 0) is 30.2 Å². The number of ether oxygens (including phenoxy) is 1. The molecule has 5 heteroatoms. The average molecular weight is 298 g/mol. The third-order valence-electron chi connectivity index (χ3n) is 3.20. The maximum absolute atomic E-state index is 12.3. The number of carbonyl (C=O) groups is 2. The van der Waals surface area contributed by atoms with Crippen molar-refractivity contribution in [2.24, 2.45) is 5.73 Å². The Morgan fingerprint density at radius 1 is 1.09 bits per heavy atom. The molecular weight excluding hydrogens is 280 g/mol. The van der Waals surface area contributed by atoms with Crippen molar-refractivity contribution < 1.29 is 14.3 Å². The number of hydrogen-bond acceptors (Lipinski definition) is 3. The molecule has 5 nitrogen and oxygen atoms in total. The largest absolute Gasteiger partial charge is 0.483 e. The van der Waals surface area contributed by atoms with Crippen LogP contribution < -0.4 is 15.8 Å². The molecule has 0 unspecified atom stereocenters. The normalized spacial score (nSPS) is 10.0. The first-order chi connectivity index (χ1) is 10.6. The monoisotopic (exact) mass is 298 g/mol. The van der Waals surface area contributed by atoms with Crippen molar-refractivity contribution in [3.8, 4) is 5.75 Å². The van der Waals surface area contributed by atoms with Crippen LogP contribution in [0.25, 0.3) is 0 Å². The quantitative estimate of drug-likeness (QED) is 0.853. The van der Waals surface area contributed by atoms with Gasteiger partial charge in [0.2, 0.25) is 0 Å². The van der Waals surface area contributed by atoms with Crippen LogP contribution in [0.15, 0.2) is 48.5 Å². The summed E-state index contributed by atoms with van der Waals surface area (Å²) in [5, 5.41) is 2.85. The fraction of sp³-hybridized carbons (Fsp3) is 0.176. The van der Waals surface area contributed by atoms with E-state index < -0.39 is 5.91 Å². The van der Waals surface area contributed by atoms with Gasteiger partial charge in [0.05, 0.1) is 5.56 Å². The van der Waals surface area contributed by atoms with Crippen LogP contribution in [0.5, 0.6) is 5.75 Å². The summed E-state index contributed by atoms with van der Waals surface area (Å²) in [4.78, 5) is 23.1. The predicted octanol–water partition coefficient (Wildman–Crippen LogP) is 1.79. The first kappa shape index (κ1) is 15.6. The fourth-order valence-corrected chi connectivity index (χ4v) is 2.01. The third kappa shape index (κ3) is 4.09. The molecular formula is C17H18N2O3. The van der Waals surface area contributed by atoms with E-state index in [1.807, 2.05) is 31.2 Å². The van der Waals surface area contributed by atoms with Crippen molar-refractivity contribution in [3.63, 3.8) is 0 Å². The van der Waals surface area contributed by atoms with Crippen molar-refractivity contribution in [1.82, 2.24) is 5.32 Å². The number of nitrogens with one attached hydrogen (secondary N) is 1. The zero-order valence-electron chi connectivity index (χ0n) is 12.3. The Labute approximate surface area is 129 Å². The molecule has 0 aliphatic rings. The second-order valence-electron chi connectivity index (χ2n) is 4.86. The Kier molecular flexibility index (Phi) is 5.14. The van der Waals surface area contributed by atoms with Gasteiger partial charge in [-0.3, -0.25) is 9.59 Å². The molecule has 2 aromatic carbocycles. The minimum Gasteiger partial charge on any atom is -0.483 e. The van der Waals surface area contributed by atoms with Gasteiger partial charge in [-0.15, -0.1) is 0 Å². The van der Waals surface area contributed by atoms with Gasteiger partial charge in [-0.2, -0.15) is 0 Å². The topological polar surface area (TPSA) is 81.4 Å². The average Bonchev–Trinajstić information content (AvgIpc) is 2.52. The van der Waals surface area contributed by atoms with E-state index in [2.05, 4.69) is 5.32 Å². The lowest BCUT2D eigenvalue weighted by molar-refractivity contribution is -0.119. The number of nitrogens with two attached hydrogens (primary N) is 1. The van der Waals surface area contributed by atoms with Crippen molar-refractivity contribution in [2.45, 2.75) is 13.5 Å². The summed E-state index contributed by atoms with van der Waals surface area (Å²) in [6.45, 7) is 2.16. The van der Waals surface area contributed by atoms with Crippen LogP contribution in [-0.4, -0.2) is 18.4 Å². The molecule has 2 rings (SSSR count). The van der Waals surface area contributed by atoms with Crippen LogP contribution in [0, 0.1) is 6.92 Å². The van der Waals surface area contributed by atoms with E-state index >= 15 is 0 Å². The maximum atomic E-state index is 12.3. The van der Waals surface area contributed by atoms with E-state index in [0.717, 1.165) is 11.1 Å². The van der Waals surface area contributed by atoms with Crippen molar-refractivity contribution in [1.29, 1.82) is 0 Å². The predicted molar refractivity (Wildman–Crippen MR) is 83.5 cm³/mol.